The van der Waals surface area contributed by atoms with Gasteiger partial charge in [-0.05, 0) is 45.3 Å². The van der Waals surface area contributed by atoms with Crippen LogP contribution in [0.3, 0.4) is 0 Å². The normalized spacial score (nSPS) is 43.0. The largest absolute Gasteiger partial charge is 0.462 e. The molecule has 13 heteroatoms. The average molecular weight is 767 g/mol. The molecule has 0 aromatic rings. The van der Waals surface area contributed by atoms with Crippen LogP contribution in [0.5, 0.6) is 0 Å². The second-order valence-electron chi connectivity index (χ2n) is 16.3. The summed E-state index contributed by atoms with van der Waals surface area (Å²) in [5.41, 5.74) is 0.264. The van der Waals surface area contributed by atoms with Gasteiger partial charge in [-0.15, -0.1) is 0 Å². The monoisotopic (exact) mass is 766 g/mol. The zero-order valence-corrected chi connectivity index (χ0v) is 33.8. The summed E-state index contributed by atoms with van der Waals surface area (Å²) in [4.78, 5) is 53.4. The molecule has 0 spiro atoms. The van der Waals surface area contributed by atoms with Crippen LogP contribution < -0.4 is 0 Å². The van der Waals surface area contributed by atoms with Gasteiger partial charge in [0, 0.05) is 61.4 Å². The van der Waals surface area contributed by atoms with Crippen LogP contribution in [0.25, 0.3) is 0 Å². The van der Waals surface area contributed by atoms with E-state index >= 15 is 0 Å². The van der Waals surface area contributed by atoms with Crippen LogP contribution in [-0.4, -0.2) is 119 Å². The first-order chi connectivity index (χ1) is 25.3. The minimum Gasteiger partial charge on any atom is -0.462 e. The van der Waals surface area contributed by atoms with Gasteiger partial charge in [-0.2, -0.15) is 0 Å². The Balaban J connectivity index is 1.95. The van der Waals surface area contributed by atoms with E-state index in [1.54, 1.807) is 60.8 Å². The van der Waals surface area contributed by atoms with Crippen molar-refractivity contribution in [1.82, 2.24) is 0 Å². The number of aliphatic hydroxyl groups excluding tert-OH is 4. The molecule has 17 atom stereocenters. The minimum atomic E-state index is -1.39. The maximum atomic E-state index is 13.6. The summed E-state index contributed by atoms with van der Waals surface area (Å²) in [6, 6.07) is 0. The number of carbonyl (C=O) groups excluding carboxylic acids is 4. The third-order valence-corrected chi connectivity index (χ3v) is 12.0. The highest BCUT2D eigenvalue weighted by Gasteiger charge is 2.45. The molecule has 54 heavy (non-hydrogen) atoms. The van der Waals surface area contributed by atoms with Crippen LogP contribution in [-0.2, 0) is 42.9 Å². The highest BCUT2D eigenvalue weighted by molar-refractivity contribution is 5.98. The van der Waals surface area contributed by atoms with Crippen molar-refractivity contribution in [1.29, 1.82) is 0 Å². The summed E-state index contributed by atoms with van der Waals surface area (Å²) in [5.74, 6) is -5.55. The summed E-state index contributed by atoms with van der Waals surface area (Å²) in [5, 5.41) is 43.4. The molecule has 4 aliphatic heterocycles. The Bertz CT molecular complexity index is 1330. The number of aliphatic hydroxyl groups is 4. The third kappa shape index (κ3) is 12.1. The fourth-order valence-corrected chi connectivity index (χ4v) is 7.79. The van der Waals surface area contributed by atoms with Crippen molar-refractivity contribution >= 4 is 23.3 Å². The summed E-state index contributed by atoms with van der Waals surface area (Å²) in [6.07, 6.45) is -3.06. The van der Waals surface area contributed by atoms with Gasteiger partial charge in [0.2, 0.25) is 0 Å². The first-order valence-corrected chi connectivity index (χ1v) is 19.6. The number of Topliss-reactive ketones (excluding diaryl/α,β-unsaturated/α-hetero) is 2. The van der Waals surface area contributed by atoms with Gasteiger partial charge in [0.15, 0.2) is 17.9 Å². The number of esters is 1. The van der Waals surface area contributed by atoms with Crippen molar-refractivity contribution < 1.29 is 63.3 Å². The maximum Gasteiger partial charge on any atom is 0.308 e. The molecule has 2 fully saturated rings. The van der Waals surface area contributed by atoms with Crippen molar-refractivity contribution in [2.75, 3.05) is 13.7 Å². The van der Waals surface area contributed by atoms with Crippen molar-refractivity contribution in [2.24, 2.45) is 41.4 Å². The van der Waals surface area contributed by atoms with Crippen LogP contribution in [0.1, 0.15) is 94.4 Å². The Morgan fingerprint density at radius 1 is 0.889 bits per heavy atom. The first-order valence-electron chi connectivity index (χ1n) is 19.6. The van der Waals surface area contributed by atoms with E-state index in [0.717, 1.165) is 0 Å². The summed E-state index contributed by atoms with van der Waals surface area (Å²) in [7, 11) is 1.56. The van der Waals surface area contributed by atoms with Crippen LogP contribution >= 0.6 is 0 Å². The van der Waals surface area contributed by atoms with Gasteiger partial charge in [0.05, 0.1) is 55.8 Å². The molecule has 4 heterocycles. The quantitative estimate of drug-likeness (QED) is 0.297. The van der Waals surface area contributed by atoms with Crippen molar-refractivity contribution in [3.8, 4) is 0 Å². The number of hydrogen-bond donors (Lipinski definition) is 4. The van der Waals surface area contributed by atoms with E-state index in [2.05, 4.69) is 0 Å². The summed E-state index contributed by atoms with van der Waals surface area (Å²) in [6.45, 7) is 15.4. The lowest BCUT2D eigenvalue weighted by Crippen LogP contribution is -2.54. The lowest BCUT2D eigenvalue weighted by Gasteiger charge is -2.45. The van der Waals surface area contributed by atoms with Crippen molar-refractivity contribution in [3.05, 3.63) is 23.8 Å². The molecule has 9 unspecified atom stereocenters. The highest BCUT2D eigenvalue weighted by Crippen LogP contribution is 2.37. The Kier molecular flexibility index (Phi) is 17.6. The van der Waals surface area contributed by atoms with Gasteiger partial charge >= 0.3 is 5.97 Å². The van der Waals surface area contributed by atoms with E-state index in [1.165, 1.54) is 13.0 Å². The zero-order chi connectivity index (χ0) is 40.6. The standard InChI is InChI=1S/C41H66O13/c1-20-14-22(3)38(49)24(5)33(46)18-37(48)53-39(23(4)27(8)42)25(6)31(44)13-11-12-30(43)21(2)15-29-19-51-35(16-32(20)45)26(7)40(29)54-41-34(47)17-36(50-10)28(9)52-41/h11-12,14,20-21,23-29,31,33-36,39-42,44,46-47H,13,15-19H2,1-10H3/b12-11-,22-14-/t20?,21?,23?,24?,25?,26-,27?,28-,29+,31?,33?,34+,35-,36-,39?,40+,41+/m1/s1. The van der Waals surface area contributed by atoms with Gasteiger partial charge in [0.1, 0.15) is 18.0 Å². The molecule has 0 amide bonds. The number of methoxy groups -OCH3 is 1. The maximum absolute atomic E-state index is 13.6. The highest BCUT2D eigenvalue weighted by atomic mass is 16.7. The van der Waals surface area contributed by atoms with Crippen molar-refractivity contribution in [3.63, 3.8) is 0 Å². The number of hydrogen-bond acceptors (Lipinski definition) is 13. The van der Waals surface area contributed by atoms with Gasteiger partial charge < -0.3 is 44.1 Å². The van der Waals surface area contributed by atoms with Crippen LogP contribution in [0.15, 0.2) is 23.8 Å². The number of carbonyl (C=O) groups is 4. The molecule has 4 aliphatic rings. The molecule has 0 aromatic heterocycles. The summed E-state index contributed by atoms with van der Waals surface area (Å²) >= 11 is 0. The van der Waals surface area contributed by atoms with E-state index in [-0.39, 0.29) is 60.6 Å². The van der Waals surface area contributed by atoms with E-state index in [4.69, 9.17) is 23.7 Å². The summed E-state index contributed by atoms with van der Waals surface area (Å²) < 4.78 is 30.1. The SMILES string of the molecule is CO[C@@H]1C[C@H](O)[C@H](O[C@@H]2[C@@H]3CO[C@H](CC(=O)C(C)/C=C(/C)C(=O)C(C)C(O)CC(=O)OC(C(C)C(C)O)C(C)C(O)C/C=C\C(=O)C(C)C3)[C@H]2C)O[C@@H]1C. The van der Waals surface area contributed by atoms with E-state index < -0.39 is 96.8 Å². The molecule has 308 valence electrons. The smallest absolute Gasteiger partial charge is 0.308 e. The van der Waals surface area contributed by atoms with Crippen LogP contribution in [0.4, 0.5) is 0 Å². The van der Waals surface area contributed by atoms with Gasteiger partial charge in [0.25, 0.3) is 0 Å². The Labute approximate surface area is 320 Å². The second kappa shape index (κ2) is 20.7. The van der Waals surface area contributed by atoms with Crippen LogP contribution in [0.2, 0.25) is 0 Å². The molecule has 0 saturated carbocycles. The fraction of sp³-hybridized carbons (Fsp3) is 0.805. The molecule has 4 N–H and O–H groups in total. The predicted molar refractivity (Wildman–Crippen MR) is 199 cm³/mol. The molecule has 0 radical (unpaired) electrons. The Morgan fingerprint density at radius 3 is 2.19 bits per heavy atom. The Morgan fingerprint density at radius 2 is 1.56 bits per heavy atom. The van der Waals surface area contributed by atoms with Gasteiger partial charge in [-0.1, -0.05) is 53.7 Å². The van der Waals surface area contributed by atoms with Crippen molar-refractivity contribution in [2.45, 2.75) is 156 Å². The third-order valence-electron chi connectivity index (χ3n) is 12.0. The molecule has 0 aliphatic carbocycles. The predicted octanol–water partition coefficient (Wildman–Crippen LogP) is 3.51. The van der Waals surface area contributed by atoms with Gasteiger partial charge in [-0.3, -0.25) is 19.2 Å². The number of ketones is 3. The first kappa shape index (κ1) is 46.0. The minimum absolute atomic E-state index is 0.0249. The van der Waals surface area contributed by atoms with E-state index in [9.17, 15) is 39.6 Å². The lowest BCUT2D eigenvalue weighted by atomic mass is 9.78. The molecule has 2 saturated heterocycles. The fourth-order valence-electron chi connectivity index (χ4n) is 7.79. The molecular weight excluding hydrogens is 700 g/mol. The Hall–Kier alpha value is -2.36. The molecule has 2 bridgehead atoms. The van der Waals surface area contributed by atoms with E-state index in [0.29, 0.717) is 12.8 Å². The topological polar surface area (TPSA) is 195 Å². The number of allylic oxidation sites excluding steroid dienone is 3. The number of ether oxygens (including phenoxy) is 5. The van der Waals surface area contributed by atoms with Gasteiger partial charge in [-0.25, -0.2) is 0 Å². The molecule has 0 aromatic carbocycles. The number of rotatable bonds is 5. The zero-order valence-electron chi connectivity index (χ0n) is 33.8. The molecule has 4 rings (SSSR count). The average Bonchev–Trinajstić information content (AvgIpc) is 3.12. The lowest BCUT2D eigenvalue weighted by molar-refractivity contribution is -0.300. The van der Waals surface area contributed by atoms with Crippen LogP contribution in [0, 0.1) is 41.4 Å². The van der Waals surface area contributed by atoms with E-state index in [1.807, 2.05) is 13.8 Å². The second-order valence-corrected chi connectivity index (χ2v) is 16.3. The molecular formula is C41H66O13. The number of fused-ring (bicyclic) bond motifs is 19. The molecule has 13 nitrogen and oxygen atoms in total.